The quantitative estimate of drug-likeness (QED) is 0.816. The molecule has 0 aliphatic carbocycles. The molecule has 138 valence electrons. The maximum Gasteiger partial charge on any atom is 0.226 e. The molecular weight excluding hydrogens is 374 g/mol. The minimum atomic E-state index is -0.139. The highest BCUT2D eigenvalue weighted by atomic mass is 35.5. The molecule has 1 saturated heterocycles. The van der Waals surface area contributed by atoms with Gasteiger partial charge in [-0.3, -0.25) is 9.59 Å². The molecule has 2 amide bonds. The van der Waals surface area contributed by atoms with Gasteiger partial charge in [0.05, 0.1) is 0 Å². The summed E-state index contributed by atoms with van der Waals surface area (Å²) in [5, 5.41) is 11.3. The molecule has 2 heterocycles. The molecule has 1 N–H and O–H groups in total. The number of nitrogens with one attached hydrogen (secondary N) is 1. The van der Waals surface area contributed by atoms with Crippen molar-refractivity contribution in [3.8, 4) is 0 Å². The maximum absolute atomic E-state index is 12.3. The molecule has 3 rings (SSSR count). The Labute approximate surface area is 161 Å². The zero-order valence-electron chi connectivity index (χ0n) is 14.2. The number of carbonyl (C=O) groups is 2. The van der Waals surface area contributed by atoms with E-state index in [1.807, 2.05) is 29.2 Å². The smallest absolute Gasteiger partial charge is 0.226 e. The van der Waals surface area contributed by atoms with Crippen LogP contribution in [0.4, 0.5) is 10.8 Å². The third-order valence-corrected chi connectivity index (χ3v) is 5.05. The summed E-state index contributed by atoms with van der Waals surface area (Å²) in [6.45, 7) is 2.93. The molecule has 26 heavy (non-hydrogen) atoms. The number of carbonyl (C=O) groups excluding carboxylic acids is 2. The number of benzene rings is 1. The second kappa shape index (κ2) is 8.95. The standard InChI is InChI=1S/C17H20ClN5O2S/c18-13-3-1-4-14(11-13)22-7-9-23(10-8-22)16(25)6-2-5-15(24)20-17-21-19-12-26-17/h1,3-4,11-12H,2,5-10H2,(H,20,21,24). The van der Waals surface area contributed by atoms with E-state index in [1.54, 1.807) is 5.51 Å². The number of piperazine rings is 1. The first-order valence-corrected chi connectivity index (χ1v) is 9.72. The van der Waals surface area contributed by atoms with E-state index in [4.69, 9.17) is 11.6 Å². The van der Waals surface area contributed by atoms with Crippen LogP contribution >= 0.6 is 22.9 Å². The van der Waals surface area contributed by atoms with E-state index < -0.39 is 0 Å². The lowest BCUT2D eigenvalue weighted by molar-refractivity contribution is -0.131. The predicted molar refractivity (Wildman–Crippen MR) is 103 cm³/mol. The van der Waals surface area contributed by atoms with Crippen molar-refractivity contribution in [1.82, 2.24) is 15.1 Å². The molecule has 1 aromatic carbocycles. The van der Waals surface area contributed by atoms with Gasteiger partial charge in [-0.25, -0.2) is 0 Å². The van der Waals surface area contributed by atoms with Crippen LogP contribution < -0.4 is 10.2 Å². The largest absolute Gasteiger partial charge is 0.368 e. The maximum atomic E-state index is 12.3. The van der Waals surface area contributed by atoms with Gasteiger partial charge in [-0.2, -0.15) is 0 Å². The molecule has 7 nitrogen and oxygen atoms in total. The number of hydrogen-bond donors (Lipinski definition) is 1. The van der Waals surface area contributed by atoms with Crippen molar-refractivity contribution in [2.75, 3.05) is 36.4 Å². The SMILES string of the molecule is O=C(CCCC(=O)N1CCN(c2cccc(Cl)c2)CC1)Nc1nncs1. The van der Waals surface area contributed by atoms with Gasteiger partial charge in [0.2, 0.25) is 16.9 Å². The van der Waals surface area contributed by atoms with Gasteiger partial charge >= 0.3 is 0 Å². The third-order valence-electron chi connectivity index (χ3n) is 4.21. The van der Waals surface area contributed by atoms with Crippen LogP contribution in [-0.2, 0) is 9.59 Å². The average Bonchev–Trinajstić information content (AvgIpc) is 3.14. The fraction of sp³-hybridized carbons (Fsp3) is 0.412. The number of rotatable bonds is 6. The summed E-state index contributed by atoms with van der Waals surface area (Å²) in [7, 11) is 0. The highest BCUT2D eigenvalue weighted by Gasteiger charge is 2.21. The van der Waals surface area contributed by atoms with Crippen molar-refractivity contribution in [3.05, 3.63) is 34.8 Å². The van der Waals surface area contributed by atoms with Gasteiger partial charge in [0.15, 0.2) is 0 Å². The lowest BCUT2D eigenvalue weighted by Gasteiger charge is -2.36. The van der Waals surface area contributed by atoms with E-state index in [0.29, 0.717) is 42.5 Å². The lowest BCUT2D eigenvalue weighted by Crippen LogP contribution is -2.48. The summed E-state index contributed by atoms with van der Waals surface area (Å²) in [6, 6.07) is 7.75. The summed E-state index contributed by atoms with van der Waals surface area (Å²) in [5.74, 6) is -0.0419. The Morgan fingerprint density at radius 3 is 2.69 bits per heavy atom. The Kier molecular flexibility index (Phi) is 6.40. The van der Waals surface area contributed by atoms with Crippen LogP contribution in [0, 0.1) is 0 Å². The van der Waals surface area contributed by atoms with Crippen molar-refractivity contribution in [3.63, 3.8) is 0 Å². The summed E-state index contributed by atoms with van der Waals surface area (Å²) >= 11 is 7.31. The number of aromatic nitrogens is 2. The minimum absolute atomic E-state index is 0.0967. The van der Waals surface area contributed by atoms with Crippen molar-refractivity contribution in [2.24, 2.45) is 0 Å². The summed E-state index contributed by atoms with van der Waals surface area (Å²) in [5.41, 5.74) is 2.64. The monoisotopic (exact) mass is 393 g/mol. The van der Waals surface area contributed by atoms with Crippen LogP contribution in [0.25, 0.3) is 0 Å². The minimum Gasteiger partial charge on any atom is -0.368 e. The Balaban J connectivity index is 1.37. The number of halogens is 1. The van der Waals surface area contributed by atoms with Gasteiger partial charge in [-0.05, 0) is 24.6 Å². The van der Waals surface area contributed by atoms with E-state index in [-0.39, 0.29) is 11.8 Å². The summed E-state index contributed by atoms with van der Waals surface area (Å²) < 4.78 is 0. The summed E-state index contributed by atoms with van der Waals surface area (Å²) in [4.78, 5) is 28.2. The Bertz CT molecular complexity index is 747. The predicted octanol–water partition coefficient (Wildman–Crippen LogP) is 2.65. The van der Waals surface area contributed by atoms with E-state index in [1.165, 1.54) is 11.3 Å². The van der Waals surface area contributed by atoms with Gasteiger partial charge in [-0.1, -0.05) is 29.0 Å². The van der Waals surface area contributed by atoms with Crippen LogP contribution in [0.3, 0.4) is 0 Å². The third kappa shape index (κ3) is 5.15. The first-order valence-electron chi connectivity index (χ1n) is 8.46. The van der Waals surface area contributed by atoms with Crippen molar-refractivity contribution < 1.29 is 9.59 Å². The number of hydrogen-bond acceptors (Lipinski definition) is 6. The molecule has 0 saturated carbocycles. The average molecular weight is 394 g/mol. The Morgan fingerprint density at radius 2 is 2.00 bits per heavy atom. The normalized spacial score (nSPS) is 14.3. The van der Waals surface area contributed by atoms with Gasteiger partial charge in [-0.15, -0.1) is 10.2 Å². The van der Waals surface area contributed by atoms with Crippen LogP contribution in [0.5, 0.6) is 0 Å². The lowest BCUT2D eigenvalue weighted by atomic mass is 10.2. The second-order valence-corrected chi connectivity index (χ2v) is 7.26. The van der Waals surface area contributed by atoms with E-state index in [2.05, 4.69) is 20.4 Å². The van der Waals surface area contributed by atoms with E-state index in [0.717, 1.165) is 18.8 Å². The molecule has 1 fully saturated rings. The molecule has 0 radical (unpaired) electrons. The van der Waals surface area contributed by atoms with Crippen LogP contribution in [0.15, 0.2) is 29.8 Å². The van der Waals surface area contributed by atoms with Crippen molar-refractivity contribution >= 4 is 45.6 Å². The topological polar surface area (TPSA) is 78.4 Å². The molecule has 0 atom stereocenters. The zero-order valence-corrected chi connectivity index (χ0v) is 15.8. The van der Waals surface area contributed by atoms with Crippen LogP contribution in [-0.4, -0.2) is 53.1 Å². The van der Waals surface area contributed by atoms with Crippen LogP contribution in [0.1, 0.15) is 19.3 Å². The molecule has 1 aliphatic heterocycles. The molecule has 2 aromatic rings. The van der Waals surface area contributed by atoms with Gasteiger partial charge in [0.1, 0.15) is 5.51 Å². The van der Waals surface area contributed by atoms with Gasteiger partial charge in [0, 0.05) is 49.7 Å². The first kappa shape index (κ1) is 18.6. The van der Waals surface area contributed by atoms with Crippen molar-refractivity contribution in [2.45, 2.75) is 19.3 Å². The molecular formula is C17H20ClN5O2S. The van der Waals surface area contributed by atoms with E-state index in [9.17, 15) is 9.59 Å². The Morgan fingerprint density at radius 1 is 1.19 bits per heavy atom. The fourth-order valence-corrected chi connectivity index (χ4v) is 3.50. The van der Waals surface area contributed by atoms with Crippen LogP contribution in [0.2, 0.25) is 5.02 Å². The zero-order chi connectivity index (χ0) is 18.4. The highest BCUT2D eigenvalue weighted by molar-refractivity contribution is 7.13. The summed E-state index contributed by atoms with van der Waals surface area (Å²) in [6.07, 6.45) is 1.20. The van der Waals surface area contributed by atoms with Gasteiger partial charge in [0.25, 0.3) is 0 Å². The Hall–Kier alpha value is -2.19. The van der Waals surface area contributed by atoms with Gasteiger partial charge < -0.3 is 15.1 Å². The number of nitrogens with zero attached hydrogens (tertiary/aromatic N) is 4. The molecule has 0 unspecified atom stereocenters. The molecule has 1 aromatic heterocycles. The first-order chi connectivity index (χ1) is 12.6. The highest BCUT2D eigenvalue weighted by Crippen LogP contribution is 2.21. The van der Waals surface area contributed by atoms with E-state index >= 15 is 0 Å². The second-order valence-electron chi connectivity index (χ2n) is 5.99. The number of amides is 2. The fourth-order valence-electron chi connectivity index (χ4n) is 2.85. The number of anilines is 2. The van der Waals surface area contributed by atoms with Crippen molar-refractivity contribution in [1.29, 1.82) is 0 Å². The molecule has 0 bridgehead atoms. The molecule has 1 aliphatic rings. The molecule has 0 spiro atoms. The molecule has 9 heteroatoms.